The molecule has 0 heterocycles. The molecule has 0 radical (unpaired) electrons. The highest BCUT2D eigenvalue weighted by Gasteiger charge is 2.24. The van der Waals surface area contributed by atoms with Crippen molar-refractivity contribution in [1.29, 1.82) is 0 Å². The summed E-state index contributed by atoms with van der Waals surface area (Å²) < 4.78 is 31.5. The van der Waals surface area contributed by atoms with E-state index in [0.717, 1.165) is 15.4 Å². The van der Waals surface area contributed by atoms with Crippen molar-refractivity contribution in [2.24, 2.45) is 0 Å². The van der Waals surface area contributed by atoms with E-state index in [2.05, 4.69) is 32.9 Å². The van der Waals surface area contributed by atoms with Crippen molar-refractivity contribution < 1.29 is 17.9 Å². The van der Waals surface area contributed by atoms with Crippen molar-refractivity contribution >= 4 is 16.0 Å². The molecular weight excluding hydrogens is 374 g/mol. The number of hydrogen-bond donors (Lipinski definition) is 0. The van der Waals surface area contributed by atoms with Crippen molar-refractivity contribution in [3.8, 4) is 5.75 Å². The average Bonchev–Trinajstić information content (AvgIpc) is 2.61. The van der Waals surface area contributed by atoms with E-state index in [-0.39, 0.29) is 22.5 Å². The highest BCUT2D eigenvalue weighted by atomic mass is 32.2. The molecule has 0 aliphatic rings. The molecule has 0 saturated carbocycles. The number of hydrogen-bond acceptors (Lipinski definition) is 4. The first-order valence-electron chi connectivity index (χ1n) is 9.24. The fourth-order valence-corrected chi connectivity index (χ4v) is 3.78. The van der Waals surface area contributed by atoms with E-state index in [9.17, 15) is 13.2 Å². The lowest BCUT2D eigenvalue weighted by molar-refractivity contribution is -0.134. The van der Waals surface area contributed by atoms with E-state index < -0.39 is 16.0 Å². The number of nitrogens with zero attached hydrogens (tertiary/aromatic N) is 1. The van der Waals surface area contributed by atoms with E-state index in [4.69, 9.17) is 4.74 Å². The van der Waals surface area contributed by atoms with Gasteiger partial charge < -0.3 is 4.74 Å². The summed E-state index contributed by atoms with van der Waals surface area (Å²) in [7, 11) is -0.808. The maximum Gasteiger partial charge on any atom is 0.311 e. The third kappa shape index (κ3) is 5.42. The van der Waals surface area contributed by atoms with Gasteiger partial charge in [-0.05, 0) is 47.6 Å². The van der Waals surface area contributed by atoms with Crippen molar-refractivity contribution in [1.82, 2.24) is 4.31 Å². The van der Waals surface area contributed by atoms with Crippen LogP contribution >= 0.6 is 0 Å². The molecule has 0 bridgehead atoms. The normalized spacial score (nSPS) is 12.2. The molecule has 2 aromatic rings. The van der Waals surface area contributed by atoms with Gasteiger partial charge in [-0.25, -0.2) is 12.7 Å². The van der Waals surface area contributed by atoms with Gasteiger partial charge in [-0.1, -0.05) is 51.1 Å². The van der Waals surface area contributed by atoms with Gasteiger partial charge in [0, 0.05) is 20.5 Å². The number of benzene rings is 2. The first-order valence-corrected chi connectivity index (χ1v) is 10.7. The van der Waals surface area contributed by atoms with Crippen LogP contribution in [-0.2, 0) is 26.7 Å². The van der Waals surface area contributed by atoms with Crippen molar-refractivity contribution in [2.45, 2.75) is 50.8 Å². The second-order valence-electron chi connectivity index (χ2n) is 8.16. The largest absolute Gasteiger partial charge is 0.425 e. The molecule has 28 heavy (non-hydrogen) atoms. The summed E-state index contributed by atoms with van der Waals surface area (Å²) in [5.41, 5.74) is 3.13. The van der Waals surface area contributed by atoms with E-state index in [1.165, 1.54) is 31.8 Å². The van der Waals surface area contributed by atoms with Crippen LogP contribution in [-0.4, -0.2) is 32.8 Å². The fraction of sp³-hybridized carbons (Fsp3) is 0.409. The molecule has 0 spiro atoms. The van der Waals surface area contributed by atoms with Gasteiger partial charge in [-0.15, -0.1) is 0 Å². The number of sulfonamides is 1. The first kappa shape index (κ1) is 22.1. The maximum atomic E-state index is 12.5. The standard InChI is InChI=1S/C22H29NO4S/c1-16-7-13-19(20(15-16)28(25,26)23(5)6)27-21(24)14-10-17-8-11-18(12-9-17)22(2,3)4/h7-9,11-13,15H,10,14H2,1-6H3. The lowest BCUT2D eigenvalue weighted by Crippen LogP contribution is -2.23. The van der Waals surface area contributed by atoms with Gasteiger partial charge in [-0.3, -0.25) is 4.79 Å². The molecule has 6 heteroatoms. The highest BCUT2D eigenvalue weighted by molar-refractivity contribution is 7.89. The lowest BCUT2D eigenvalue weighted by atomic mass is 9.86. The third-order valence-corrected chi connectivity index (χ3v) is 6.36. The van der Waals surface area contributed by atoms with Gasteiger partial charge >= 0.3 is 5.97 Å². The summed E-state index contributed by atoms with van der Waals surface area (Å²) in [5, 5.41) is 0. The summed E-state index contributed by atoms with van der Waals surface area (Å²) in [5.74, 6) is -0.397. The number of carbonyl (C=O) groups is 1. The van der Waals surface area contributed by atoms with E-state index in [1.54, 1.807) is 13.0 Å². The molecule has 152 valence electrons. The third-order valence-electron chi connectivity index (χ3n) is 4.52. The summed E-state index contributed by atoms with van der Waals surface area (Å²) in [6.07, 6.45) is 0.703. The minimum atomic E-state index is -3.71. The van der Waals surface area contributed by atoms with Gasteiger partial charge in [0.2, 0.25) is 10.0 Å². The van der Waals surface area contributed by atoms with Gasteiger partial charge in [0.15, 0.2) is 5.75 Å². The molecule has 5 nitrogen and oxygen atoms in total. The summed E-state index contributed by atoms with van der Waals surface area (Å²) in [6.45, 7) is 8.25. The molecule has 0 unspecified atom stereocenters. The molecular formula is C22H29NO4S. The molecule has 0 amide bonds. The Hall–Kier alpha value is -2.18. The highest BCUT2D eigenvalue weighted by Crippen LogP contribution is 2.27. The molecule has 0 N–H and O–H groups in total. The van der Waals surface area contributed by atoms with Crippen LogP contribution in [0.1, 0.15) is 43.9 Å². The number of aryl methyl sites for hydroxylation is 2. The van der Waals surface area contributed by atoms with Crippen LogP contribution in [0.15, 0.2) is 47.4 Å². The van der Waals surface area contributed by atoms with Gasteiger partial charge in [0.1, 0.15) is 4.90 Å². The topological polar surface area (TPSA) is 63.7 Å². The van der Waals surface area contributed by atoms with Crippen LogP contribution in [0.25, 0.3) is 0 Å². The van der Waals surface area contributed by atoms with Crippen LogP contribution < -0.4 is 4.74 Å². The minimum Gasteiger partial charge on any atom is -0.425 e. The SMILES string of the molecule is Cc1ccc(OC(=O)CCc2ccc(C(C)(C)C)cc2)c(S(=O)(=O)N(C)C)c1. The Balaban J connectivity index is 2.10. The van der Waals surface area contributed by atoms with Crippen LogP contribution in [0.3, 0.4) is 0 Å². The maximum absolute atomic E-state index is 12.5. The Morgan fingerprint density at radius 3 is 2.18 bits per heavy atom. The van der Waals surface area contributed by atoms with Crippen molar-refractivity contribution in [3.63, 3.8) is 0 Å². The summed E-state index contributed by atoms with van der Waals surface area (Å²) in [4.78, 5) is 12.3. The molecule has 0 aromatic heterocycles. The molecule has 2 aromatic carbocycles. The Bertz CT molecular complexity index is 939. The molecule has 0 saturated heterocycles. The van der Waals surface area contributed by atoms with Gasteiger partial charge in [0.25, 0.3) is 0 Å². The predicted molar refractivity (Wildman–Crippen MR) is 111 cm³/mol. The fourth-order valence-electron chi connectivity index (χ4n) is 2.69. The summed E-state index contributed by atoms with van der Waals surface area (Å²) in [6, 6.07) is 12.9. The summed E-state index contributed by atoms with van der Waals surface area (Å²) >= 11 is 0. The van der Waals surface area contributed by atoms with Crippen LogP contribution in [0.2, 0.25) is 0 Å². The van der Waals surface area contributed by atoms with Crippen LogP contribution in [0, 0.1) is 6.92 Å². The Morgan fingerprint density at radius 2 is 1.64 bits per heavy atom. The number of rotatable bonds is 6. The van der Waals surface area contributed by atoms with E-state index in [1.807, 2.05) is 12.1 Å². The van der Waals surface area contributed by atoms with Crippen LogP contribution in [0.4, 0.5) is 0 Å². The Kier molecular flexibility index (Phi) is 6.67. The second kappa shape index (κ2) is 8.45. The lowest BCUT2D eigenvalue weighted by Gasteiger charge is -2.19. The van der Waals surface area contributed by atoms with E-state index >= 15 is 0 Å². The Labute approximate surface area is 168 Å². The van der Waals surface area contributed by atoms with Gasteiger partial charge in [-0.2, -0.15) is 0 Å². The first-order chi connectivity index (χ1) is 12.9. The Morgan fingerprint density at radius 1 is 1.04 bits per heavy atom. The number of carbonyl (C=O) groups excluding carboxylic acids is 1. The molecule has 0 atom stereocenters. The number of esters is 1. The monoisotopic (exact) mass is 403 g/mol. The predicted octanol–water partition coefficient (Wildman–Crippen LogP) is 4.08. The number of ether oxygens (including phenoxy) is 1. The van der Waals surface area contributed by atoms with Crippen molar-refractivity contribution in [2.75, 3.05) is 14.1 Å². The molecule has 2 rings (SSSR count). The van der Waals surface area contributed by atoms with Crippen LogP contribution in [0.5, 0.6) is 5.75 Å². The van der Waals surface area contributed by atoms with Crippen molar-refractivity contribution in [3.05, 3.63) is 59.2 Å². The minimum absolute atomic E-state index is 0.000352. The zero-order chi connectivity index (χ0) is 21.1. The molecule has 0 aliphatic heterocycles. The zero-order valence-corrected chi connectivity index (χ0v) is 18.3. The molecule has 0 fully saturated rings. The quantitative estimate of drug-likeness (QED) is 0.538. The average molecular weight is 404 g/mol. The van der Waals surface area contributed by atoms with E-state index in [0.29, 0.717) is 6.42 Å². The zero-order valence-electron chi connectivity index (χ0n) is 17.4. The molecule has 0 aliphatic carbocycles. The smallest absolute Gasteiger partial charge is 0.311 e. The van der Waals surface area contributed by atoms with Gasteiger partial charge in [0.05, 0.1) is 0 Å². The second-order valence-corrected chi connectivity index (χ2v) is 10.3.